The van der Waals surface area contributed by atoms with E-state index >= 15 is 0 Å². The number of rotatable bonds is 5. The third kappa shape index (κ3) is 3.52. The van der Waals surface area contributed by atoms with Gasteiger partial charge in [0, 0.05) is 30.0 Å². The number of nitrogens with one attached hydrogen (secondary N) is 1. The molecule has 0 aromatic carbocycles. The molecule has 1 aliphatic rings. The standard InChI is InChI=1S/C11H17NO4S2/c13-7-10-5-11(8-17-10)18(14,15)12-6-9-1-3-16-4-2-9/h5,8-9,12-13H,1-4,6-7H2. The highest BCUT2D eigenvalue weighted by molar-refractivity contribution is 7.89. The number of aliphatic hydroxyl groups is 1. The molecule has 0 unspecified atom stereocenters. The van der Waals surface area contributed by atoms with Gasteiger partial charge >= 0.3 is 0 Å². The van der Waals surface area contributed by atoms with Crippen molar-refractivity contribution in [1.29, 1.82) is 0 Å². The fourth-order valence-electron chi connectivity index (χ4n) is 1.85. The molecule has 1 aliphatic heterocycles. The van der Waals surface area contributed by atoms with Gasteiger partial charge in [-0.1, -0.05) is 0 Å². The Hall–Kier alpha value is -0.470. The van der Waals surface area contributed by atoms with Crippen LogP contribution in [-0.4, -0.2) is 33.3 Å². The summed E-state index contributed by atoms with van der Waals surface area (Å²) in [5.41, 5.74) is 0. The van der Waals surface area contributed by atoms with Crippen LogP contribution in [0.15, 0.2) is 16.3 Å². The molecule has 0 amide bonds. The molecule has 102 valence electrons. The van der Waals surface area contributed by atoms with Gasteiger partial charge in [0.05, 0.1) is 11.5 Å². The lowest BCUT2D eigenvalue weighted by Gasteiger charge is -2.21. The number of thiophene rings is 1. The summed E-state index contributed by atoms with van der Waals surface area (Å²) in [6.07, 6.45) is 1.79. The number of sulfonamides is 1. The van der Waals surface area contributed by atoms with Gasteiger partial charge in [-0.2, -0.15) is 0 Å². The third-order valence-corrected chi connectivity index (χ3v) is 5.47. The maximum absolute atomic E-state index is 12.0. The van der Waals surface area contributed by atoms with Crippen molar-refractivity contribution >= 4 is 21.4 Å². The van der Waals surface area contributed by atoms with Crippen LogP contribution in [0.1, 0.15) is 17.7 Å². The van der Waals surface area contributed by atoms with Crippen molar-refractivity contribution in [3.05, 3.63) is 16.3 Å². The Kier molecular flexibility index (Phi) is 4.74. The Labute approximate surface area is 111 Å². The summed E-state index contributed by atoms with van der Waals surface area (Å²) in [7, 11) is -3.44. The Morgan fingerprint density at radius 2 is 2.17 bits per heavy atom. The van der Waals surface area contributed by atoms with Crippen LogP contribution in [0.3, 0.4) is 0 Å². The van der Waals surface area contributed by atoms with Crippen LogP contribution < -0.4 is 4.72 Å². The highest BCUT2D eigenvalue weighted by atomic mass is 32.2. The molecule has 7 heteroatoms. The summed E-state index contributed by atoms with van der Waals surface area (Å²) in [5.74, 6) is 0.351. The largest absolute Gasteiger partial charge is 0.391 e. The van der Waals surface area contributed by atoms with Gasteiger partial charge in [0.15, 0.2) is 0 Å². The Balaban J connectivity index is 1.94. The van der Waals surface area contributed by atoms with E-state index in [0.29, 0.717) is 30.6 Å². The van der Waals surface area contributed by atoms with Crippen LogP contribution in [0.4, 0.5) is 0 Å². The van der Waals surface area contributed by atoms with E-state index in [1.54, 1.807) is 5.38 Å². The zero-order chi connectivity index (χ0) is 13.0. The van der Waals surface area contributed by atoms with Crippen molar-refractivity contribution in [1.82, 2.24) is 4.72 Å². The summed E-state index contributed by atoms with van der Waals surface area (Å²) >= 11 is 1.25. The molecule has 0 saturated carbocycles. The Bertz CT molecular complexity index is 477. The van der Waals surface area contributed by atoms with Crippen molar-refractivity contribution in [2.45, 2.75) is 24.3 Å². The molecule has 0 radical (unpaired) electrons. The normalized spacial score (nSPS) is 18.1. The van der Waals surface area contributed by atoms with E-state index in [4.69, 9.17) is 9.84 Å². The highest BCUT2D eigenvalue weighted by Gasteiger charge is 2.20. The summed E-state index contributed by atoms with van der Waals surface area (Å²) in [5, 5.41) is 10.5. The van der Waals surface area contributed by atoms with Gasteiger partial charge in [-0.15, -0.1) is 11.3 Å². The fraction of sp³-hybridized carbons (Fsp3) is 0.636. The number of hydrogen-bond donors (Lipinski definition) is 2. The molecule has 1 fully saturated rings. The Morgan fingerprint density at radius 1 is 1.44 bits per heavy atom. The average Bonchev–Trinajstić information content (AvgIpc) is 2.87. The summed E-state index contributed by atoms with van der Waals surface area (Å²) < 4.78 is 31.8. The van der Waals surface area contributed by atoms with E-state index in [2.05, 4.69) is 4.72 Å². The van der Waals surface area contributed by atoms with E-state index in [-0.39, 0.29) is 11.5 Å². The smallest absolute Gasteiger partial charge is 0.241 e. The number of hydrogen-bond acceptors (Lipinski definition) is 5. The van der Waals surface area contributed by atoms with E-state index in [9.17, 15) is 8.42 Å². The second kappa shape index (κ2) is 6.12. The monoisotopic (exact) mass is 291 g/mol. The predicted octanol–water partition coefficient (Wildman–Crippen LogP) is 0.945. The molecule has 5 nitrogen and oxygen atoms in total. The molecule has 2 N–H and O–H groups in total. The van der Waals surface area contributed by atoms with E-state index < -0.39 is 10.0 Å². The van der Waals surface area contributed by atoms with Gasteiger partial charge in [0.1, 0.15) is 0 Å². The molecule has 18 heavy (non-hydrogen) atoms. The minimum atomic E-state index is -3.44. The zero-order valence-corrected chi connectivity index (χ0v) is 11.6. The average molecular weight is 291 g/mol. The minimum absolute atomic E-state index is 0.125. The molecule has 0 bridgehead atoms. The number of ether oxygens (including phenoxy) is 1. The van der Waals surface area contributed by atoms with Crippen LogP contribution in [0.25, 0.3) is 0 Å². The molecular formula is C11H17NO4S2. The lowest BCUT2D eigenvalue weighted by Crippen LogP contribution is -2.32. The molecular weight excluding hydrogens is 274 g/mol. The molecule has 0 atom stereocenters. The number of aliphatic hydroxyl groups excluding tert-OH is 1. The topological polar surface area (TPSA) is 75.6 Å². The van der Waals surface area contributed by atoms with Gasteiger partial charge in [0.2, 0.25) is 10.0 Å². The fourth-order valence-corrected chi connectivity index (χ4v) is 4.10. The first-order chi connectivity index (χ1) is 8.62. The quantitative estimate of drug-likeness (QED) is 0.847. The van der Waals surface area contributed by atoms with Gasteiger partial charge in [-0.3, -0.25) is 0 Å². The van der Waals surface area contributed by atoms with E-state index in [0.717, 1.165) is 12.8 Å². The molecule has 0 aliphatic carbocycles. The van der Waals surface area contributed by atoms with Crippen LogP contribution in [-0.2, 0) is 21.4 Å². The second-order valence-electron chi connectivity index (χ2n) is 4.31. The maximum Gasteiger partial charge on any atom is 0.241 e. The Morgan fingerprint density at radius 3 is 2.78 bits per heavy atom. The summed E-state index contributed by atoms with van der Waals surface area (Å²) in [6, 6.07) is 1.51. The summed E-state index contributed by atoms with van der Waals surface area (Å²) in [6.45, 7) is 1.75. The minimum Gasteiger partial charge on any atom is -0.391 e. The second-order valence-corrected chi connectivity index (χ2v) is 7.08. The maximum atomic E-state index is 12.0. The first kappa shape index (κ1) is 14.0. The van der Waals surface area contributed by atoms with Crippen LogP contribution in [0, 0.1) is 5.92 Å². The van der Waals surface area contributed by atoms with Crippen molar-refractivity contribution in [3.63, 3.8) is 0 Å². The SMILES string of the molecule is O=S(=O)(NCC1CCOCC1)c1csc(CO)c1. The van der Waals surface area contributed by atoms with Crippen molar-refractivity contribution in [3.8, 4) is 0 Å². The lowest BCUT2D eigenvalue weighted by atomic mass is 10.0. The van der Waals surface area contributed by atoms with Crippen LogP contribution in [0.2, 0.25) is 0 Å². The predicted molar refractivity (Wildman–Crippen MR) is 69.0 cm³/mol. The zero-order valence-electron chi connectivity index (χ0n) is 9.96. The van der Waals surface area contributed by atoms with E-state index in [1.165, 1.54) is 17.4 Å². The molecule has 1 aromatic rings. The van der Waals surface area contributed by atoms with Gasteiger partial charge in [-0.25, -0.2) is 13.1 Å². The van der Waals surface area contributed by atoms with Crippen LogP contribution in [0.5, 0.6) is 0 Å². The molecule has 1 aromatic heterocycles. The van der Waals surface area contributed by atoms with Crippen molar-refractivity contribution < 1.29 is 18.3 Å². The molecule has 0 spiro atoms. The van der Waals surface area contributed by atoms with Crippen LogP contribution >= 0.6 is 11.3 Å². The first-order valence-corrected chi connectivity index (χ1v) is 8.24. The van der Waals surface area contributed by atoms with Gasteiger partial charge in [-0.05, 0) is 24.8 Å². The van der Waals surface area contributed by atoms with Gasteiger partial charge in [0.25, 0.3) is 0 Å². The van der Waals surface area contributed by atoms with Crippen molar-refractivity contribution in [2.75, 3.05) is 19.8 Å². The highest BCUT2D eigenvalue weighted by Crippen LogP contribution is 2.20. The molecule has 1 saturated heterocycles. The van der Waals surface area contributed by atoms with Gasteiger partial charge < -0.3 is 9.84 Å². The third-order valence-electron chi connectivity index (χ3n) is 3.00. The summed E-state index contributed by atoms with van der Waals surface area (Å²) in [4.78, 5) is 0.894. The van der Waals surface area contributed by atoms with E-state index in [1.807, 2.05) is 0 Å². The molecule has 2 rings (SSSR count). The van der Waals surface area contributed by atoms with Crippen molar-refractivity contribution in [2.24, 2.45) is 5.92 Å². The molecule has 2 heterocycles. The first-order valence-electron chi connectivity index (χ1n) is 5.87. The lowest BCUT2D eigenvalue weighted by molar-refractivity contribution is 0.0678.